The Balaban J connectivity index is 1.87. The number of rotatable bonds is 5. The molecule has 24 heavy (non-hydrogen) atoms. The summed E-state index contributed by atoms with van der Waals surface area (Å²) in [5.41, 5.74) is 6.62. The minimum atomic E-state index is -0.549. The van der Waals surface area contributed by atoms with Crippen LogP contribution in [0.25, 0.3) is 0 Å². The van der Waals surface area contributed by atoms with Crippen molar-refractivity contribution in [2.45, 2.75) is 26.7 Å². The van der Waals surface area contributed by atoms with Gasteiger partial charge in [-0.05, 0) is 58.1 Å². The summed E-state index contributed by atoms with van der Waals surface area (Å²) in [4.78, 5) is 23.6. The van der Waals surface area contributed by atoms with Gasteiger partial charge in [0.25, 0.3) is 5.91 Å². The Morgan fingerprint density at radius 1 is 1.21 bits per heavy atom. The monoisotopic (exact) mass is 394 g/mol. The minimum absolute atomic E-state index is 0.0869. The fourth-order valence-corrected chi connectivity index (χ4v) is 2.35. The van der Waals surface area contributed by atoms with Gasteiger partial charge in [0.2, 0.25) is 0 Å². The van der Waals surface area contributed by atoms with Crippen LogP contribution in [-0.2, 0) is 4.79 Å². The molecule has 0 saturated heterocycles. The lowest BCUT2D eigenvalue weighted by Crippen LogP contribution is -2.43. The summed E-state index contributed by atoms with van der Waals surface area (Å²) in [6.45, 7) is 5.86. The van der Waals surface area contributed by atoms with Crippen molar-refractivity contribution in [1.29, 1.82) is 0 Å². The van der Waals surface area contributed by atoms with Crippen molar-refractivity contribution >= 4 is 27.7 Å². The number of benzene rings is 1. The molecule has 2 N–H and O–H groups in total. The third-order valence-corrected chi connectivity index (χ3v) is 3.69. The topological polar surface area (TPSA) is 80.6 Å². The second-order valence-electron chi connectivity index (χ2n) is 5.59. The molecule has 0 aliphatic rings. The van der Waals surface area contributed by atoms with Crippen LogP contribution in [-0.4, -0.2) is 18.4 Å². The molecule has 1 heterocycles. The number of carbonyl (C=O) groups is 2. The van der Waals surface area contributed by atoms with Gasteiger partial charge in [-0.3, -0.25) is 20.4 Å². The predicted octanol–water partition coefficient (Wildman–Crippen LogP) is 3.31. The van der Waals surface area contributed by atoms with Gasteiger partial charge in [0.05, 0.1) is 0 Å². The van der Waals surface area contributed by atoms with Crippen LogP contribution in [0.15, 0.2) is 39.4 Å². The first-order chi connectivity index (χ1) is 11.4. The average Bonchev–Trinajstić information content (AvgIpc) is 2.97. The summed E-state index contributed by atoms with van der Waals surface area (Å²) in [6, 6.07) is 8.96. The molecule has 0 bridgehead atoms. The van der Waals surface area contributed by atoms with Crippen molar-refractivity contribution in [3.63, 3.8) is 0 Å². The lowest BCUT2D eigenvalue weighted by atomic mass is 10.0. The number of amides is 2. The molecule has 128 valence electrons. The zero-order valence-corrected chi connectivity index (χ0v) is 15.3. The van der Waals surface area contributed by atoms with Crippen molar-refractivity contribution in [3.8, 4) is 5.75 Å². The molecule has 0 radical (unpaired) electrons. The summed E-state index contributed by atoms with van der Waals surface area (Å²) in [6.07, 6.45) is 0. The van der Waals surface area contributed by atoms with Gasteiger partial charge in [0.15, 0.2) is 17.0 Å². The highest BCUT2D eigenvalue weighted by Crippen LogP contribution is 2.27. The zero-order chi connectivity index (χ0) is 17.7. The quantitative estimate of drug-likeness (QED) is 0.762. The van der Waals surface area contributed by atoms with E-state index in [9.17, 15) is 9.59 Å². The van der Waals surface area contributed by atoms with E-state index in [0.717, 1.165) is 11.1 Å². The second kappa shape index (κ2) is 8.01. The number of furan rings is 1. The highest BCUT2D eigenvalue weighted by molar-refractivity contribution is 9.10. The average molecular weight is 395 g/mol. The number of ether oxygens (including phenoxy) is 1. The summed E-state index contributed by atoms with van der Waals surface area (Å²) < 4.78 is 11.1. The molecule has 0 aliphatic carbocycles. The molecule has 1 aromatic heterocycles. The molecule has 6 nitrogen and oxygen atoms in total. The lowest BCUT2D eigenvalue weighted by Gasteiger charge is -2.14. The second-order valence-corrected chi connectivity index (χ2v) is 6.37. The molecule has 2 aromatic rings. The normalized spacial score (nSPS) is 10.5. The van der Waals surface area contributed by atoms with Crippen LogP contribution in [0.2, 0.25) is 0 Å². The molecule has 0 unspecified atom stereocenters. The van der Waals surface area contributed by atoms with Crippen molar-refractivity contribution < 1.29 is 18.7 Å². The number of nitrogens with one attached hydrogen (secondary N) is 2. The standard InChI is InChI=1S/C17H19BrN2O4/c1-10(2)12-5-4-11(3)8-14(12)23-9-16(21)19-20-17(22)13-6-7-15(18)24-13/h4-8,10H,9H2,1-3H3,(H,19,21)(H,20,22). The summed E-state index contributed by atoms with van der Waals surface area (Å²) in [5, 5.41) is 0. The minimum Gasteiger partial charge on any atom is -0.483 e. The van der Waals surface area contributed by atoms with E-state index in [0.29, 0.717) is 10.4 Å². The SMILES string of the molecule is Cc1ccc(C(C)C)c(OCC(=O)NNC(=O)c2ccc(Br)o2)c1. The van der Waals surface area contributed by atoms with Gasteiger partial charge >= 0.3 is 5.91 Å². The number of halogens is 1. The predicted molar refractivity (Wildman–Crippen MR) is 92.8 cm³/mol. The number of aryl methyl sites for hydroxylation is 1. The molecule has 7 heteroatoms. The maximum atomic E-state index is 11.8. The first kappa shape index (κ1) is 18.1. The molecule has 1 aromatic carbocycles. The van der Waals surface area contributed by atoms with E-state index >= 15 is 0 Å². The number of hydrogen-bond acceptors (Lipinski definition) is 4. The van der Waals surface area contributed by atoms with E-state index in [-0.39, 0.29) is 18.3 Å². The molecule has 0 spiro atoms. The summed E-state index contributed by atoms with van der Waals surface area (Å²) in [7, 11) is 0. The van der Waals surface area contributed by atoms with Gasteiger partial charge in [-0.1, -0.05) is 26.0 Å². The lowest BCUT2D eigenvalue weighted by molar-refractivity contribution is -0.123. The molecule has 2 amide bonds. The maximum absolute atomic E-state index is 11.8. The first-order valence-corrected chi connectivity index (χ1v) is 8.24. The van der Waals surface area contributed by atoms with Gasteiger partial charge in [-0.15, -0.1) is 0 Å². The van der Waals surface area contributed by atoms with E-state index < -0.39 is 11.8 Å². The van der Waals surface area contributed by atoms with E-state index in [2.05, 4.69) is 40.6 Å². The molecule has 0 aliphatic heterocycles. The number of hydrazine groups is 1. The highest BCUT2D eigenvalue weighted by Gasteiger charge is 2.13. The Labute approximate surface area is 148 Å². The van der Waals surface area contributed by atoms with Crippen LogP contribution in [0.3, 0.4) is 0 Å². The third kappa shape index (κ3) is 4.86. The van der Waals surface area contributed by atoms with Crippen LogP contribution in [0, 0.1) is 6.92 Å². The van der Waals surface area contributed by atoms with Crippen molar-refractivity contribution in [1.82, 2.24) is 10.9 Å². The van der Waals surface area contributed by atoms with Crippen molar-refractivity contribution in [3.05, 3.63) is 51.9 Å². The fourth-order valence-electron chi connectivity index (χ4n) is 2.05. The molecule has 0 saturated carbocycles. The van der Waals surface area contributed by atoms with Crippen molar-refractivity contribution in [2.75, 3.05) is 6.61 Å². The first-order valence-electron chi connectivity index (χ1n) is 7.44. The number of carbonyl (C=O) groups excluding carboxylic acids is 2. The number of hydrogen-bond donors (Lipinski definition) is 2. The van der Waals surface area contributed by atoms with E-state index in [1.807, 2.05) is 25.1 Å². The zero-order valence-electron chi connectivity index (χ0n) is 13.7. The third-order valence-electron chi connectivity index (χ3n) is 3.26. The van der Waals surface area contributed by atoms with Gasteiger partial charge in [0.1, 0.15) is 5.75 Å². The van der Waals surface area contributed by atoms with Crippen LogP contribution >= 0.6 is 15.9 Å². The molecular weight excluding hydrogens is 376 g/mol. The Morgan fingerprint density at radius 3 is 2.58 bits per heavy atom. The van der Waals surface area contributed by atoms with Gasteiger partial charge in [-0.25, -0.2) is 0 Å². The smallest absolute Gasteiger partial charge is 0.305 e. The summed E-state index contributed by atoms with van der Waals surface area (Å²) >= 11 is 3.10. The highest BCUT2D eigenvalue weighted by atomic mass is 79.9. The summed E-state index contributed by atoms with van der Waals surface area (Å²) in [5.74, 6) is 0.0173. The van der Waals surface area contributed by atoms with Gasteiger partial charge in [-0.2, -0.15) is 0 Å². The maximum Gasteiger partial charge on any atom is 0.305 e. The molecule has 0 atom stereocenters. The molecular formula is C17H19BrN2O4. The van der Waals surface area contributed by atoms with E-state index in [1.54, 1.807) is 6.07 Å². The Kier molecular flexibility index (Phi) is 6.03. The van der Waals surface area contributed by atoms with E-state index in [4.69, 9.17) is 9.15 Å². The van der Waals surface area contributed by atoms with Crippen LogP contribution < -0.4 is 15.6 Å². The van der Waals surface area contributed by atoms with Gasteiger partial charge < -0.3 is 9.15 Å². The van der Waals surface area contributed by atoms with Gasteiger partial charge in [0, 0.05) is 0 Å². The largest absolute Gasteiger partial charge is 0.483 e. The van der Waals surface area contributed by atoms with Crippen LogP contribution in [0.1, 0.15) is 41.4 Å². The van der Waals surface area contributed by atoms with Crippen LogP contribution in [0.4, 0.5) is 0 Å². The van der Waals surface area contributed by atoms with E-state index in [1.165, 1.54) is 6.07 Å². The fraction of sp³-hybridized carbons (Fsp3) is 0.294. The Morgan fingerprint density at radius 2 is 1.96 bits per heavy atom. The Hall–Kier alpha value is -2.28. The Bertz CT molecular complexity index is 740. The molecule has 2 rings (SSSR count). The van der Waals surface area contributed by atoms with Crippen LogP contribution in [0.5, 0.6) is 5.75 Å². The van der Waals surface area contributed by atoms with Crippen molar-refractivity contribution in [2.24, 2.45) is 0 Å². The molecule has 0 fully saturated rings.